The van der Waals surface area contributed by atoms with Gasteiger partial charge in [-0.1, -0.05) is 30.3 Å². The van der Waals surface area contributed by atoms with Gasteiger partial charge in [-0.15, -0.1) is 5.10 Å². The second-order valence-corrected chi connectivity index (χ2v) is 3.03. The van der Waals surface area contributed by atoms with E-state index in [-0.39, 0.29) is 11.5 Å². The largest absolute Gasteiger partial charge is 0.397 e. The average molecular weight is 199 g/mol. The van der Waals surface area contributed by atoms with Gasteiger partial charge < -0.3 is 5.73 Å². The van der Waals surface area contributed by atoms with Crippen LogP contribution in [-0.4, -0.2) is 16.0 Å². The molecule has 0 aliphatic heterocycles. The summed E-state index contributed by atoms with van der Waals surface area (Å²) in [5, 5.41) is 7.37. The smallest absolute Gasteiger partial charge is 0.215 e. The molecule has 0 radical (unpaired) electrons. The number of rotatable bonds is 2. The van der Waals surface area contributed by atoms with Crippen molar-refractivity contribution in [3.05, 3.63) is 53.9 Å². The van der Waals surface area contributed by atoms with Crippen molar-refractivity contribution in [2.45, 2.75) is 0 Å². The monoisotopic (exact) mass is 199 g/mol. The standard InChI is InChI=1S/C11H9N3O/c12-9-6-7-13-14-10(9)11(15)8-4-2-1-3-5-8/h1-7H,(H2,12,13). The highest BCUT2D eigenvalue weighted by molar-refractivity contribution is 6.10. The first kappa shape index (κ1) is 9.33. The second kappa shape index (κ2) is 3.88. The third-order valence-corrected chi connectivity index (χ3v) is 2.00. The zero-order valence-corrected chi connectivity index (χ0v) is 7.92. The van der Waals surface area contributed by atoms with Crippen LogP contribution in [0.4, 0.5) is 5.69 Å². The van der Waals surface area contributed by atoms with E-state index in [4.69, 9.17) is 5.73 Å². The molecule has 2 N–H and O–H groups in total. The summed E-state index contributed by atoms with van der Waals surface area (Å²) >= 11 is 0. The number of benzene rings is 1. The highest BCUT2D eigenvalue weighted by Gasteiger charge is 2.13. The van der Waals surface area contributed by atoms with Gasteiger partial charge in [0.05, 0.1) is 11.9 Å². The van der Waals surface area contributed by atoms with Gasteiger partial charge in [0.2, 0.25) is 5.78 Å². The highest BCUT2D eigenvalue weighted by atomic mass is 16.1. The van der Waals surface area contributed by atoms with Gasteiger partial charge in [0.1, 0.15) is 0 Å². The van der Waals surface area contributed by atoms with Crippen LogP contribution in [0, 0.1) is 0 Å². The van der Waals surface area contributed by atoms with Crippen LogP contribution >= 0.6 is 0 Å². The molecule has 0 spiro atoms. The normalized spacial score (nSPS) is 9.87. The maximum absolute atomic E-state index is 11.9. The number of nitrogen functional groups attached to an aromatic ring is 1. The van der Waals surface area contributed by atoms with Crippen molar-refractivity contribution in [2.75, 3.05) is 5.73 Å². The number of anilines is 1. The van der Waals surface area contributed by atoms with Crippen molar-refractivity contribution in [3.63, 3.8) is 0 Å². The SMILES string of the molecule is Nc1ccnnc1C(=O)c1ccccc1. The molecule has 0 bridgehead atoms. The van der Waals surface area contributed by atoms with Crippen LogP contribution in [0.5, 0.6) is 0 Å². The minimum Gasteiger partial charge on any atom is -0.397 e. The molecule has 0 saturated heterocycles. The number of aromatic nitrogens is 2. The lowest BCUT2D eigenvalue weighted by Gasteiger charge is -2.01. The van der Waals surface area contributed by atoms with Crippen molar-refractivity contribution in [2.24, 2.45) is 0 Å². The van der Waals surface area contributed by atoms with Crippen LogP contribution in [0.1, 0.15) is 16.1 Å². The number of ketones is 1. The summed E-state index contributed by atoms with van der Waals surface area (Å²) in [4.78, 5) is 11.9. The van der Waals surface area contributed by atoms with Crippen molar-refractivity contribution >= 4 is 11.5 Å². The minimum absolute atomic E-state index is 0.198. The van der Waals surface area contributed by atoms with E-state index >= 15 is 0 Å². The lowest BCUT2D eigenvalue weighted by molar-refractivity contribution is 0.103. The van der Waals surface area contributed by atoms with E-state index in [0.717, 1.165) is 0 Å². The summed E-state index contributed by atoms with van der Waals surface area (Å²) in [7, 11) is 0. The van der Waals surface area contributed by atoms with E-state index in [2.05, 4.69) is 10.2 Å². The van der Waals surface area contributed by atoms with Gasteiger partial charge in [0.25, 0.3) is 0 Å². The fourth-order valence-electron chi connectivity index (χ4n) is 1.24. The molecule has 0 fully saturated rings. The van der Waals surface area contributed by atoms with E-state index in [1.54, 1.807) is 30.3 Å². The van der Waals surface area contributed by atoms with Crippen molar-refractivity contribution in [3.8, 4) is 0 Å². The summed E-state index contributed by atoms with van der Waals surface area (Å²) in [6, 6.07) is 10.4. The highest BCUT2D eigenvalue weighted by Crippen LogP contribution is 2.12. The summed E-state index contributed by atoms with van der Waals surface area (Å²) in [5.41, 5.74) is 6.74. The Morgan fingerprint density at radius 1 is 1.13 bits per heavy atom. The topological polar surface area (TPSA) is 68.9 Å². The molecule has 0 atom stereocenters. The lowest BCUT2D eigenvalue weighted by Crippen LogP contribution is -2.08. The van der Waals surface area contributed by atoms with Gasteiger partial charge in [-0.05, 0) is 6.07 Å². The van der Waals surface area contributed by atoms with E-state index in [0.29, 0.717) is 11.3 Å². The molecule has 0 aliphatic rings. The first-order valence-electron chi connectivity index (χ1n) is 4.46. The predicted molar refractivity (Wildman–Crippen MR) is 56.3 cm³/mol. The molecular weight excluding hydrogens is 190 g/mol. The van der Waals surface area contributed by atoms with Crippen LogP contribution in [0.15, 0.2) is 42.6 Å². The van der Waals surface area contributed by atoms with Gasteiger partial charge >= 0.3 is 0 Å². The zero-order chi connectivity index (χ0) is 10.7. The van der Waals surface area contributed by atoms with E-state index in [1.165, 1.54) is 6.20 Å². The first-order valence-corrected chi connectivity index (χ1v) is 4.46. The Hall–Kier alpha value is -2.23. The second-order valence-electron chi connectivity index (χ2n) is 3.03. The van der Waals surface area contributed by atoms with E-state index < -0.39 is 0 Å². The summed E-state index contributed by atoms with van der Waals surface area (Å²) in [6.45, 7) is 0. The number of hydrogen-bond donors (Lipinski definition) is 1. The molecule has 4 nitrogen and oxygen atoms in total. The fraction of sp³-hybridized carbons (Fsp3) is 0. The minimum atomic E-state index is -0.207. The molecule has 0 unspecified atom stereocenters. The van der Waals surface area contributed by atoms with Gasteiger partial charge in [0, 0.05) is 5.56 Å². The van der Waals surface area contributed by atoms with Crippen LogP contribution in [0.2, 0.25) is 0 Å². The number of nitrogens with zero attached hydrogens (tertiary/aromatic N) is 2. The third-order valence-electron chi connectivity index (χ3n) is 2.00. The maximum atomic E-state index is 11.9. The Balaban J connectivity index is 2.42. The fourth-order valence-corrected chi connectivity index (χ4v) is 1.24. The molecule has 1 heterocycles. The number of nitrogens with two attached hydrogens (primary N) is 1. The number of carbonyl (C=O) groups excluding carboxylic acids is 1. The number of hydrogen-bond acceptors (Lipinski definition) is 4. The molecule has 2 aromatic rings. The van der Waals surface area contributed by atoms with E-state index in [1.807, 2.05) is 6.07 Å². The molecule has 2 rings (SSSR count). The van der Waals surface area contributed by atoms with E-state index in [9.17, 15) is 4.79 Å². The van der Waals surface area contributed by atoms with Crippen molar-refractivity contribution < 1.29 is 4.79 Å². The average Bonchev–Trinajstić information content (AvgIpc) is 2.30. The van der Waals surface area contributed by atoms with Crippen LogP contribution in [-0.2, 0) is 0 Å². The molecule has 4 heteroatoms. The molecular formula is C11H9N3O. The lowest BCUT2D eigenvalue weighted by atomic mass is 10.1. The van der Waals surface area contributed by atoms with Gasteiger partial charge in [-0.3, -0.25) is 4.79 Å². The molecule has 0 amide bonds. The van der Waals surface area contributed by atoms with Crippen molar-refractivity contribution in [1.29, 1.82) is 0 Å². The summed E-state index contributed by atoms with van der Waals surface area (Å²) < 4.78 is 0. The maximum Gasteiger partial charge on any atom is 0.215 e. The molecule has 74 valence electrons. The quantitative estimate of drug-likeness (QED) is 0.740. The van der Waals surface area contributed by atoms with Gasteiger partial charge in [-0.2, -0.15) is 5.10 Å². The Morgan fingerprint density at radius 3 is 2.53 bits per heavy atom. The molecule has 0 saturated carbocycles. The van der Waals surface area contributed by atoms with Crippen molar-refractivity contribution in [1.82, 2.24) is 10.2 Å². The third kappa shape index (κ3) is 1.83. The number of carbonyl (C=O) groups is 1. The summed E-state index contributed by atoms with van der Waals surface area (Å²) in [6.07, 6.45) is 1.46. The van der Waals surface area contributed by atoms with Crippen LogP contribution in [0.25, 0.3) is 0 Å². The van der Waals surface area contributed by atoms with Crippen LogP contribution < -0.4 is 5.73 Å². The molecule has 1 aromatic carbocycles. The predicted octanol–water partition coefficient (Wildman–Crippen LogP) is 1.29. The molecule has 1 aromatic heterocycles. The molecule has 0 aliphatic carbocycles. The molecule has 15 heavy (non-hydrogen) atoms. The summed E-state index contributed by atoms with van der Waals surface area (Å²) in [5.74, 6) is -0.207. The zero-order valence-electron chi connectivity index (χ0n) is 7.92. The Bertz CT molecular complexity index is 482. The van der Waals surface area contributed by atoms with Gasteiger partial charge in [-0.25, -0.2) is 0 Å². The van der Waals surface area contributed by atoms with Gasteiger partial charge in [0.15, 0.2) is 5.69 Å². The van der Waals surface area contributed by atoms with Crippen LogP contribution in [0.3, 0.4) is 0 Å². The Labute approximate surface area is 86.8 Å². The first-order chi connectivity index (χ1) is 7.29. The Kier molecular flexibility index (Phi) is 2.41. The Morgan fingerprint density at radius 2 is 1.87 bits per heavy atom.